The van der Waals surface area contributed by atoms with E-state index in [2.05, 4.69) is 15.5 Å². The van der Waals surface area contributed by atoms with Gasteiger partial charge in [0.25, 0.3) is 5.91 Å². The van der Waals surface area contributed by atoms with Crippen molar-refractivity contribution in [2.45, 2.75) is 37.6 Å². The van der Waals surface area contributed by atoms with Gasteiger partial charge in [0.15, 0.2) is 0 Å². The molecule has 0 radical (unpaired) electrons. The average molecular weight is 394 g/mol. The molecule has 1 aliphatic heterocycles. The maximum Gasteiger partial charge on any atom is 0.251 e. The van der Waals surface area contributed by atoms with Crippen LogP contribution in [0.5, 0.6) is 0 Å². The maximum atomic E-state index is 12.3. The molecule has 3 rings (SSSR count). The van der Waals surface area contributed by atoms with Crippen molar-refractivity contribution >= 4 is 23.4 Å². The predicted octanol–water partition coefficient (Wildman–Crippen LogP) is 2.22. The second-order valence-electron chi connectivity index (χ2n) is 7.35. The molecule has 148 valence electrons. The van der Waals surface area contributed by atoms with Crippen molar-refractivity contribution in [2.75, 3.05) is 39.4 Å². The Morgan fingerprint density at radius 3 is 2.37 bits per heavy atom. The largest absolute Gasteiger partial charge is 0.379 e. The van der Waals surface area contributed by atoms with Crippen LogP contribution in [0.4, 0.5) is 0 Å². The first-order chi connectivity index (χ1) is 13.1. The van der Waals surface area contributed by atoms with E-state index in [0.717, 1.165) is 39.1 Å². The van der Waals surface area contributed by atoms with Gasteiger partial charge in [-0.1, -0.05) is 30.9 Å². The second-order valence-corrected chi connectivity index (χ2v) is 7.79. The van der Waals surface area contributed by atoms with E-state index < -0.39 is 0 Å². The molecule has 1 aromatic rings. The van der Waals surface area contributed by atoms with Gasteiger partial charge in [0.2, 0.25) is 5.91 Å². The van der Waals surface area contributed by atoms with Crippen LogP contribution in [0.25, 0.3) is 0 Å². The van der Waals surface area contributed by atoms with Crippen molar-refractivity contribution in [1.29, 1.82) is 0 Å². The number of carbonyl (C=O) groups is 2. The SMILES string of the molecule is O=C(CNC(=O)c1ccc(Cl)cc1)NCC1(N2CCOCC2)CCCCC1. The monoisotopic (exact) mass is 393 g/mol. The van der Waals surface area contributed by atoms with E-state index >= 15 is 0 Å². The molecule has 1 aliphatic carbocycles. The Kier molecular flexibility index (Phi) is 7.10. The standard InChI is InChI=1S/C20H28ClN3O3/c21-17-6-4-16(5-7-17)19(26)22-14-18(25)23-15-20(8-2-1-3-9-20)24-10-12-27-13-11-24/h4-7H,1-3,8-15H2,(H,22,26)(H,23,25). The Hall–Kier alpha value is -1.63. The molecule has 1 saturated heterocycles. The number of nitrogens with one attached hydrogen (secondary N) is 2. The van der Waals surface area contributed by atoms with E-state index in [1.54, 1.807) is 24.3 Å². The minimum Gasteiger partial charge on any atom is -0.379 e. The highest BCUT2D eigenvalue weighted by molar-refractivity contribution is 6.30. The zero-order valence-corrected chi connectivity index (χ0v) is 16.4. The van der Waals surface area contributed by atoms with E-state index in [0.29, 0.717) is 17.1 Å². The molecule has 0 aromatic heterocycles. The van der Waals surface area contributed by atoms with Gasteiger partial charge in [0.05, 0.1) is 19.8 Å². The van der Waals surface area contributed by atoms with Crippen LogP contribution >= 0.6 is 11.6 Å². The number of rotatable bonds is 6. The van der Waals surface area contributed by atoms with Gasteiger partial charge in [-0.25, -0.2) is 0 Å². The van der Waals surface area contributed by atoms with Gasteiger partial charge in [0.1, 0.15) is 0 Å². The maximum absolute atomic E-state index is 12.3. The number of ether oxygens (including phenoxy) is 1. The summed E-state index contributed by atoms with van der Waals surface area (Å²) in [4.78, 5) is 26.9. The molecule has 7 heteroatoms. The molecule has 27 heavy (non-hydrogen) atoms. The number of nitrogens with zero attached hydrogens (tertiary/aromatic N) is 1. The number of morpholine rings is 1. The highest BCUT2D eigenvalue weighted by atomic mass is 35.5. The Balaban J connectivity index is 1.50. The number of hydrogen-bond donors (Lipinski definition) is 2. The molecule has 1 heterocycles. The van der Waals surface area contributed by atoms with Crippen LogP contribution in [0.15, 0.2) is 24.3 Å². The number of hydrogen-bond acceptors (Lipinski definition) is 4. The lowest BCUT2D eigenvalue weighted by molar-refractivity contribution is -0.121. The fourth-order valence-corrected chi connectivity index (χ4v) is 4.17. The molecule has 2 aliphatic rings. The van der Waals surface area contributed by atoms with E-state index in [9.17, 15) is 9.59 Å². The molecular formula is C20H28ClN3O3. The van der Waals surface area contributed by atoms with Crippen molar-refractivity contribution in [3.05, 3.63) is 34.9 Å². The van der Waals surface area contributed by atoms with Crippen molar-refractivity contribution < 1.29 is 14.3 Å². The summed E-state index contributed by atoms with van der Waals surface area (Å²) in [6.45, 7) is 3.95. The summed E-state index contributed by atoms with van der Waals surface area (Å²) in [5, 5.41) is 6.29. The summed E-state index contributed by atoms with van der Waals surface area (Å²) in [5.41, 5.74) is 0.516. The van der Waals surface area contributed by atoms with Crippen LogP contribution in [0.1, 0.15) is 42.5 Å². The predicted molar refractivity (Wildman–Crippen MR) is 105 cm³/mol. The highest BCUT2D eigenvalue weighted by Gasteiger charge is 2.38. The minimum atomic E-state index is -0.276. The molecule has 2 N–H and O–H groups in total. The van der Waals surface area contributed by atoms with Crippen LogP contribution in [0.2, 0.25) is 5.02 Å². The van der Waals surface area contributed by atoms with E-state index in [4.69, 9.17) is 16.3 Å². The first kappa shape index (κ1) is 20.1. The van der Waals surface area contributed by atoms with Crippen molar-refractivity contribution in [3.8, 4) is 0 Å². The zero-order chi connectivity index (χ0) is 19.1. The minimum absolute atomic E-state index is 0.0257. The Labute approximate surface area is 165 Å². The first-order valence-electron chi connectivity index (χ1n) is 9.72. The number of halogens is 1. The first-order valence-corrected chi connectivity index (χ1v) is 10.1. The number of amides is 2. The van der Waals surface area contributed by atoms with Crippen LogP contribution in [-0.4, -0.2) is 61.6 Å². The molecule has 6 nitrogen and oxygen atoms in total. The zero-order valence-electron chi connectivity index (χ0n) is 15.6. The fraction of sp³-hybridized carbons (Fsp3) is 0.600. The molecule has 0 unspecified atom stereocenters. The van der Waals surface area contributed by atoms with Crippen molar-refractivity contribution in [1.82, 2.24) is 15.5 Å². The Bertz CT molecular complexity index is 638. The third-order valence-electron chi connectivity index (χ3n) is 5.60. The summed E-state index contributed by atoms with van der Waals surface area (Å²) in [5.74, 6) is -0.433. The van der Waals surface area contributed by atoms with Crippen LogP contribution in [-0.2, 0) is 9.53 Å². The van der Waals surface area contributed by atoms with Gasteiger partial charge in [-0.3, -0.25) is 14.5 Å². The number of carbonyl (C=O) groups excluding carboxylic acids is 2. The van der Waals surface area contributed by atoms with Crippen molar-refractivity contribution in [3.63, 3.8) is 0 Å². The molecule has 1 aromatic carbocycles. The summed E-state index contributed by atoms with van der Waals surface area (Å²) in [7, 11) is 0. The van der Waals surface area contributed by atoms with Gasteiger partial charge < -0.3 is 15.4 Å². The van der Waals surface area contributed by atoms with E-state index in [1.807, 2.05) is 0 Å². The molecular weight excluding hydrogens is 366 g/mol. The molecule has 2 amide bonds. The van der Waals surface area contributed by atoms with Crippen LogP contribution < -0.4 is 10.6 Å². The van der Waals surface area contributed by atoms with E-state index in [1.165, 1.54) is 19.3 Å². The van der Waals surface area contributed by atoms with Gasteiger partial charge in [-0.05, 0) is 37.1 Å². The summed E-state index contributed by atoms with van der Waals surface area (Å²) < 4.78 is 5.49. The quantitative estimate of drug-likeness (QED) is 0.777. The third kappa shape index (κ3) is 5.43. The molecule has 0 atom stereocenters. The van der Waals surface area contributed by atoms with Gasteiger partial charge >= 0.3 is 0 Å². The average Bonchev–Trinajstić information content (AvgIpc) is 2.72. The lowest BCUT2D eigenvalue weighted by Gasteiger charge is -2.48. The van der Waals surface area contributed by atoms with Crippen LogP contribution in [0.3, 0.4) is 0 Å². The fourth-order valence-electron chi connectivity index (χ4n) is 4.04. The lowest BCUT2D eigenvalue weighted by Crippen LogP contribution is -2.60. The Morgan fingerprint density at radius 1 is 1.04 bits per heavy atom. The van der Waals surface area contributed by atoms with Crippen LogP contribution in [0, 0.1) is 0 Å². The van der Waals surface area contributed by atoms with Gasteiger partial charge in [-0.2, -0.15) is 0 Å². The Morgan fingerprint density at radius 2 is 1.70 bits per heavy atom. The molecule has 0 spiro atoms. The summed E-state index contributed by atoms with van der Waals surface area (Å²) >= 11 is 5.83. The second kappa shape index (κ2) is 9.53. The number of benzene rings is 1. The lowest BCUT2D eigenvalue weighted by atomic mass is 9.79. The molecule has 1 saturated carbocycles. The topological polar surface area (TPSA) is 70.7 Å². The van der Waals surface area contributed by atoms with Gasteiger partial charge in [-0.15, -0.1) is 0 Å². The molecule has 2 fully saturated rings. The molecule has 0 bridgehead atoms. The highest BCUT2D eigenvalue weighted by Crippen LogP contribution is 2.33. The third-order valence-corrected chi connectivity index (χ3v) is 5.85. The summed E-state index contributed by atoms with van der Waals surface area (Å²) in [6.07, 6.45) is 5.85. The smallest absolute Gasteiger partial charge is 0.251 e. The van der Waals surface area contributed by atoms with E-state index in [-0.39, 0.29) is 23.9 Å². The summed E-state index contributed by atoms with van der Waals surface area (Å²) in [6, 6.07) is 6.60. The normalized spacial score (nSPS) is 20.0. The van der Waals surface area contributed by atoms with Crippen molar-refractivity contribution in [2.24, 2.45) is 0 Å². The van der Waals surface area contributed by atoms with Gasteiger partial charge in [0, 0.05) is 35.8 Å².